The van der Waals surface area contributed by atoms with Crippen LogP contribution in [0.5, 0.6) is 12.0 Å². The molecule has 0 spiro atoms. The van der Waals surface area contributed by atoms with E-state index in [0.29, 0.717) is 0 Å². The van der Waals surface area contributed by atoms with Gasteiger partial charge >= 0.3 is 96.0 Å². The van der Waals surface area contributed by atoms with Crippen LogP contribution in [0.2, 0.25) is 0 Å². The number of piperazine rings is 1. The lowest BCUT2D eigenvalue weighted by Gasteiger charge is -2.39. The summed E-state index contributed by atoms with van der Waals surface area (Å²) in [5, 5.41) is 0.843. The molecule has 0 aliphatic carbocycles. The average Bonchev–Trinajstić information content (AvgIpc) is 1.08. The number of halogens is 32. The minimum Gasteiger partial charge on any atom is -0.457 e. The molecule has 0 bridgehead atoms. The summed E-state index contributed by atoms with van der Waals surface area (Å²) < 4.78 is 463. The molecule has 5 heterocycles. The monoisotopic (exact) mass is 1560 g/mol. The number of fused-ring (bicyclic) bond motifs is 6. The Bertz CT molecular complexity index is 4660. The molecule has 11 rings (SSSR count). The SMILES string of the molecule is FC(F)(F)c1ccc(-n2c3ccccc3c3cc(-c4nc(OCC(F)(F)C(F)(F)C(F)(F)C(F)(F)C(F)(F)C(F)(F)F)nc(N5CCN(c6nc(OCC(F)(F)C(F)(F)C(F)(F)C(F)(F)C(F)(F)C(F)(F)F)nc(-c7ccc8c(c7)c7ccccc7n8-c7ccc(C(F)(F)F)cc7)n6)CC5)n4)ccc32)cc1. The first-order valence-electron chi connectivity index (χ1n) is 29.3. The standard InChI is InChI=1S/C62H34F32N10O2/c63-49(64,53(73,74)55(77,78)57(81,82)59(85,86)61(89,90)91)27-105-47-97-43(29-9-19-41-37(25-29)35-5-1-3-7-39(35)103(41)33-15-11-31(12-16-33)51(67,68)69)95-45(99-47)101-21-23-102(24-22-101)46-96-44(98-48(100-46)106-28-50(65,66)54(75,76)56(79,80)58(83,84)60(87,88)62(92,93)94)30-10-20-42-38(26-30)36-6-2-4-8-40(36)104(42)34-17-13-32(14-18-34)52(70,71)72/h1-20,25-26H,21-24,27-28H2. The number of ether oxygens (including phenoxy) is 2. The molecule has 44 heteroatoms. The Morgan fingerprint density at radius 1 is 0.292 bits per heavy atom. The molecular formula is C62H34F32N10O2. The van der Waals surface area contributed by atoms with Crippen molar-refractivity contribution in [3.63, 3.8) is 0 Å². The first-order chi connectivity index (χ1) is 48.6. The van der Waals surface area contributed by atoms with E-state index in [1.54, 1.807) is 0 Å². The third-order valence-corrected chi connectivity index (χ3v) is 16.6. The highest BCUT2D eigenvalue weighted by Crippen LogP contribution is 2.62. The summed E-state index contributed by atoms with van der Waals surface area (Å²) in [5.41, 5.74) is -1.63. The molecular weight excluding hydrogens is 1520 g/mol. The van der Waals surface area contributed by atoms with Gasteiger partial charge < -0.3 is 28.4 Å². The summed E-state index contributed by atoms with van der Waals surface area (Å²) in [6.45, 7) is -9.48. The van der Waals surface area contributed by atoms with Crippen molar-refractivity contribution in [1.29, 1.82) is 0 Å². The third-order valence-electron chi connectivity index (χ3n) is 16.6. The van der Waals surface area contributed by atoms with E-state index in [4.69, 9.17) is 0 Å². The Morgan fingerprint density at radius 2 is 0.585 bits per heavy atom. The summed E-state index contributed by atoms with van der Waals surface area (Å²) >= 11 is 0. The van der Waals surface area contributed by atoms with Crippen LogP contribution in [0, 0.1) is 0 Å². The van der Waals surface area contributed by atoms with Crippen LogP contribution in [-0.4, -0.2) is 150 Å². The van der Waals surface area contributed by atoms with E-state index in [9.17, 15) is 105 Å². The van der Waals surface area contributed by atoms with Crippen LogP contribution >= 0.6 is 0 Å². The smallest absolute Gasteiger partial charge is 0.457 e. The van der Waals surface area contributed by atoms with Crippen molar-refractivity contribution in [2.45, 2.75) is 83.9 Å². The molecule has 0 unspecified atom stereocenters. The Kier molecular flexibility index (Phi) is 18.4. The summed E-state index contributed by atoms with van der Waals surface area (Å²) in [4.78, 5) is 25.0. The molecule has 6 aromatic carbocycles. The molecule has 4 aromatic heterocycles. The van der Waals surface area contributed by atoms with Gasteiger partial charge in [0.25, 0.3) is 0 Å². The highest BCUT2D eigenvalue weighted by molar-refractivity contribution is 6.11. The van der Waals surface area contributed by atoms with E-state index in [-0.39, 0.29) is 66.1 Å². The number of hydrogen-bond acceptors (Lipinski definition) is 10. The van der Waals surface area contributed by atoms with Crippen molar-refractivity contribution in [3.05, 3.63) is 145 Å². The van der Waals surface area contributed by atoms with Gasteiger partial charge in [-0.3, -0.25) is 0 Å². The maximum absolute atomic E-state index is 15.4. The number of hydrogen-bond donors (Lipinski definition) is 0. The van der Waals surface area contributed by atoms with E-state index in [1.807, 2.05) is 0 Å². The number of rotatable bonds is 20. The van der Waals surface area contributed by atoms with Crippen LogP contribution in [-0.2, 0) is 12.4 Å². The number of alkyl halides is 32. The van der Waals surface area contributed by atoms with Gasteiger partial charge in [0, 0.05) is 70.2 Å². The summed E-state index contributed by atoms with van der Waals surface area (Å²) in [7, 11) is 0. The normalized spacial score (nSPS) is 15.1. The van der Waals surface area contributed by atoms with Crippen LogP contribution in [0.25, 0.3) is 77.8 Å². The highest BCUT2D eigenvalue weighted by atomic mass is 19.4. The predicted octanol–water partition coefficient (Wildman–Crippen LogP) is 19.2. The van der Waals surface area contributed by atoms with E-state index in [2.05, 4.69) is 39.4 Å². The van der Waals surface area contributed by atoms with E-state index < -0.39 is 170 Å². The van der Waals surface area contributed by atoms with Gasteiger partial charge in [-0.25, -0.2) is 0 Å². The fourth-order valence-corrected chi connectivity index (χ4v) is 10.9. The van der Waals surface area contributed by atoms with Gasteiger partial charge in [0.15, 0.2) is 24.9 Å². The molecule has 568 valence electrons. The molecule has 1 saturated heterocycles. The van der Waals surface area contributed by atoms with Gasteiger partial charge in [-0.1, -0.05) is 36.4 Å². The Balaban J connectivity index is 0.976. The van der Waals surface area contributed by atoms with E-state index in [0.717, 1.165) is 70.5 Å². The maximum Gasteiger partial charge on any atom is 0.460 e. The fraction of sp³-hybridized carbons (Fsp3) is 0.323. The molecule has 0 amide bonds. The maximum atomic E-state index is 15.4. The van der Waals surface area contributed by atoms with Gasteiger partial charge in [-0.05, 0) is 97.1 Å². The second kappa shape index (κ2) is 25.3. The first kappa shape index (κ1) is 77.0. The van der Waals surface area contributed by atoms with Crippen LogP contribution in [0.3, 0.4) is 0 Å². The number of aromatic nitrogens is 8. The number of para-hydroxylation sites is 2. The number of nitrogens with zero attached hydrogens (tertiary/aromatic N) is 10. The Hall–Kier alpha value is -10.1. The largest absolute Gasteiger partial charge is 0.460 e. The summed E-state index contributed by atoms with van der Waals surface area (Å²) in [6, 6.07) is 22.8. The third kappa shape index (κ3) is 12.6. The van der Waals surface area contributed by atoms with Crippen molar-refractivity contribution < 1.29 is 150 Å². The van der Waals surface area contributed by atoms with Crippen LogP contribution < -0.4 is 19.3 Å². The van der Waals surface area contributed by atoms with Gasteiger partial charge in [0.1, 0.15) is 0 Å². The van der Waals surface area contributed by atoms with E-state index >= 15 is 35.1 Å². The van der Waals surface area contributed by atoms with Crippen molar-refractivity contribution in [2.24, 2.45) is 0 Å². The number of anilines is 2. The minimum atomic E-state index is -8.34. The zero-order valence-corrected chi connectivity index (χ0v) is 51.3. The van der Waals surface area contributed by atoms with Crippen LogP contribution in [0.15, 0.2) is 133 Å². The van der Waals surface area contributed by atoms with Gasteiger partial charge in [0.2, 0.25) is 11.9 Å². The lowest BCUT2D eigenvalue weighted by atomic mass is 9.94. The fourth-order valence-electron chi connectivity index (χ4n) is 10.9. The average molecular weight is 1560 g/mol. The molecule has 0 N–H and O–H groups in total. The van der Waals surface area contributed by atoms with E-state index in [1.165, 1.54) is 81.9 Å². The molecule has 10 aromatic rings. The van der Waals surface area contributed by atoms with Crippen molar-refractivity contribution in [2.75, 3.05) is 49.2 Å². The molecule has 1 aliphatic heterocycles. The molecule has 0 radical (unpaired) electrons. The quantitative estimate of drug-likeness (QED) is 0.0684. The minimum absolute atomic E-state index is 0.106. The Labute approximate surface area is 567 Å². The molecule has 12 nitrogen and oxygen atoms in total. The topological polar surface area (TPSA) is 112 Å². The van der Waals surface area contributed by atoms with Gasteiger partial charge in [0.05, 0.1) is 33.2 Å². The molecule has 0 atom stereocenters. The van der Waals surface area contributed by atoms with Crippen LogP contribution in [0.4, 0.5) is 152 Å². The highest BCUT2D eigenvalue weighted by Gasteiger charge is 2.92. The lowest BCUT2D eigenvalue weighted by Crippen LogP contribution is -2.70. The zero-order chi connectivity index (χ0) is 78.3. The van der Waals surface area contributed by atoms with Crippen molar-refractivity contribution >= 4 is 55.5 Å². The first-order valence-corrected chi connectivity index (χ1v) is 29.3. The molecule has 1 fully saturated rings. The van der Waals surface area contributed by atoms with Crippen molar-refractivity contribution in [1.82, 2.24) is 39.0 Å². The second-order valence-corrected chi connectivity index (χ2v) is 23.3. The van der Waals surface area contributed by atoms with Crippen molar-refractivity contribution in [3.8, 4) is 46.2 Å². The lowest BCUT2D eigenvalue weighted by molar-refractivity contribution is -0.440. The van der Waals surface area contributed by atoms with Gasteiger partial charge in [-0.2, -0.15) is 170 Å². The molecule has 0 saturated carbocycles. The predicted molar refractivity (Wildman–Crippen MR) is 306 cm³/mol. The number of benzene rings is 6. The summed E-state index contributed by atoms with van der Waals surface area (Å²) in [6.07, 6.45) is -25.1. The molecule has 106 heavy (non-hydrogen) atoms. The zero-order valence-electron chi connectivity index (χ0n) is 51.3. The Morgan fingerprint density at radius 3 is 0.887 bits per heavy atom. The second-order valence-electron chi connectivity index (χ2n) is 23.3. The summed E-state index contributed by atoms with van der Waals surface area (Å²) in [5.74, 6) is -82.5. The van der Waals surface area contributed by atoms with Crippen LogP contribution in [0.1, 0.15) is 11.1 Å². The van der Waals surface area contributed by atoms with Gasteiger partial charge in [-0.15, -0.1) is 0 Å². The molecule has 1 aliphatic rings.